The molecule has 10 nitrogen and oxygen atoms in total. The van der Waals surface area contributed by atoms with Gasteiger partial charge in [0.25, 0.3) is 0 Å². The smallest absolute Gasteiger partial charge is 0.412 e. The third-order valence-corrected chi connectivity index (χ3v) is 2.41. The number of hydrogen-bond acceptors (Lipinski definition) is 7. The van der Waals surface area contributed by atoms with Gasteiger partial charge in [0, 0.05) is 0 Å². The lowest BCUT2D eigenvalue weighted by Gasteiger charge is -2.04. The summed E-state index contributed by atoms with van der Waals surface area (Å²) >= 11 is 0. The van der Waals surface area contributed by atoms with Crippen molar-refractivity contribution >= 4 is 23.5 Å². The number of hydrogen-bond donors (Lipinski definition) is 2. The molecule has 0 atom stereocenters. The van der Waals surface area contributed by atoms with Crippen LogP contribution in [0, 0.1) is 6.92 Å². The first-order valence-corrected chi connectivity index (χ1v) is 6.49. The topological polar surface area (TPSA) is 124 Å². The molecule has 116 valence electrons. The highest BCUT2D eigenvalue weighted by molar-refractivity contribution is 5.90. The molecule has 0 fully saturated rings. The minimum absolute atomic E-state index is 0.0641. The first-order valence-electron chi connectivity index (χ1n) is 6.49. The number of rotatable bonds is 5. The van der Waals surface area contributed by atoms with Crippen molar-refractivity contribution in [2.45, 2.75) is 20.4 Å². The predicted molar refractivity (Wildman–Crippen MR) is 76.1 cm³/mol. The van der Waals surface area contributed by atoms with Crippen molar-refractivity contribution in [3.8, 4) is 0 Å². The van der Waals surface area contributed by atoms with Crippen molar-refractivity contribution in [3.63, 3.8) is 0 Å². The van der Waals surface area contributed by atoms with E-state index < -0.39 is 6.09 Å². The summed E-state index contributed by atoms with van der Waals surface area (Å²) in [6.45, 7) is 3.63. The van der Waals surface area contributed by atoms with Crippen molar-refractivity contribution in [2.75, 3.05) is 17.2 Å². The first kappa shape index (κ1) is 15.4. The second kappa shape index (κ2) is 7.11. The van der Waals surface area contributed by atoms with E-state index in [2.05, 4.69) is 30.9 Å². The molecule has 2 aromatic rings. The number of amides is 2. The predicted octanol–water partition coefficient (Wildman–Crippen LogP) is 0.584. The van der Waals surface area contributed by atoms with E-state index in [0.717, 1.165) is 0 Å². The maximum absolute atomic E-state index is 11.8. The van der Waals surface area contributed by atoms with Crippen LogP contribution in [0.2, 0.25) is 0 Å². The molecule has 0 radical (unpaired) electrons. The molecule has 2 N–H and O–H groups in total. The third-order valence-electron chi connectivity index (χ3n) is 2.41. The lowest BCUT2D eigenvalue weighted by Crippen LogP contribution is -2.19. The number of aryl methyl sites for hydroxylation is 1. The second-order valence-corrected chi connectivity index (χ2v) is 4.21. The molecule has 0 bridgehead atoms. The van der Waals surface area contributed by atoms with Gasteiger partial charge < -0.3 is 10.1 Å². The molecule has 0 saturated carbocycles. The molecule has 22 heavy (non-hydrogen) atoms. The summed E-state index contributed by atoms with van der Waals surface area (Å²) in [7, 11) is 0. The first-order chi connectivity index (χ1) is 10.6. The van der Waals surface area contributed by atoms with E-state index in [-0.39, 0.29) is 24.9 Å². The quantitative estimate of drug-likeness (QED) is 0.828. The Kier molecular flexibility index (Phi) is 4.96. The molecule has 0 saturated heterocycles. The molecule has 2 rings (SSSR count). The van der Waals surface area contributed by atoms with Crippen LogP contribution in [0.4, 0.5) is 16.3 Å². The summed E-state index contributed by atoms with van der Waals surface area (Å²) in [6, 6.07) is 0. The van der Waals surface area contributed by atoms with Gasteiger partial charge in [-0.3, -0.25) is 10.1 Å². The number of aromatic nitrogens is 5. The molecule has 10 heteroatoms. The SMILES string of the molecule is CCOC(=O)Nc1cn(CC(=O)Nc2cnc(C)nc2)nn1. The van der Waals surface area contributed by atoms with Gasteiger partial charge in [-0.05, 0) is 13.8 Å². The van der Waals surface area contributed by atoms with E-state index in [1.165, 1.54) is 23.3 Å². The number of ether oxygens (including phenoxy) is 1. The van der Waals surface area contributed by atoms with E-state index in [1.54, 1.807) is 13.8 Å². The van der Waals surface area contributed by atoms with Crippen LogP contribution in [0.25, 0.3) is 0 Å². The monoisotopic (exact) mass is 305 g/mol. The molecule has 0 unspecified atom stereocenters. The molecule has 0 aliphatic rings. The van der Waals surface area contributed by atoms with Crippen molar-refractivity contribution in [3.05, 3.63) is 24.4 Å². The van der Waals surface area contributed by atoms with Crippen LogP contribution in [0.5, 0.6) is 0 Å². The summed E-state index contributed by atoms with van der Waals surface area (Å²) in [5.41, 5.74) is 0.487. The molecule has 2 aromatic heterocycles. The van der Waals surface area contributed by atoms with Crippen molar-refractivity contribution < 1.29 is 14.3 Å². The second-order valence-electron chi connectivity index (χ2n) is 4.21. The van der Waals surface area contributed by atoms with Crippen molar-refractivity contribution in [2.24, 2.45) is 0 Å². The Bertz CT molecular complexity index is 653. The molecule has 0 aliphatic carbocycles. The van der Waals surface area contributed by atoms with Gasteiger partial charge in [0.15, 0.2) is 5.82 Å². The van der Waals surface area contributed by atoms with E-state index in [4.69, 9.17) is 4.74 Å². The molecule has 2 amide bonds. The zero-order chi connectivity index (χ0) is 15.9. The van der Waals surface area contributed by atoms with Crippen LogP contribution in [0.3, 0.4) is 0 Å². The largest absolute Gasteiger partial charge is 0.450 e. The zero-order valence-corrected chi connectivity index (χ0v) is 12.1. The third kappa shape index (κ3) is 4.51. The van der Waals surface area contributed by atoms with Crippen LogP contribution < -0.4 is 10.6 Å². The lowest BCUT2D eigenvalue weighted by atomic mass is 10.4. The maximum atomic E-state index is 11.8. The fraction of sp³-hybridized carbons (Fsp3) is 0.333. The van der Waals surface area contributed by atoms with E-state index in [9.17, 15) is 9.59 Å². The minimum Gasteiger partial charge on any atom is -0.450 e. The van der Waals surface area contributed by atoms with E-state index in [1.807, 2.05) is 0 Å². The van der Waals surface area contributed by atoms with Crippen LogP contribution in [-0.4, -0.2) is 43.6 Å². The van der Waals surface area contributed by atoms with Crippen molar-refractivity contribution in [1.82, 2.24) is 25.0 Å². The Labute approximate surface area is 125 Å². The van der Waals surface area contributed by atoms with Crippen LogP contribution in [0.1, 0.15) is 12.7 Å². The molecule has 0 aromatic carbocycles. The van der Waals surface area contributed by atoms with Gasteiger partial charge in [0.2, 0.25) is 5.91 Å². The van der Waals surface area contributed by atoms with Gasteiger partial charge in [-0.15, -0.1) is 5.10 Å². The summed E-state index contributed by atoms with van der Waals surface area (Å²) in [5.74, 6) is 0.494. The molecular formula is C12H15N7O3. The highest BCUT2D eigenvalue weighted by atomic mass is 16.5. The highest BCUT2D eigenvalue weighted by Crippen LogP contribution is 2.04. The molecule has 2 heterocycles. The lowest BCUT2D eigenvalue weighted by molar-refractivity contribution is -0.116. The Morgan fingerprint density at radius 2 is 2.00 bits per heavy atom. The van der Waals surface area contributed by atoms with Crippen LogP contribution in [0.15, 0.2) is 18.6 Å². The molecular weight excluding hydrogens is 290 g/mol. The molecule has 0 spiro atoms. The zero-order valence-electron chi connectivity index (χ0n) is 12.1. The average Bonchev–Trinajstić information content (AvgIpc) is 2.88. The highest BCUT2D eigenvalue weighted by Gasteiger charge is 2.09. The number of nitrogens with one attached hydrogen (secondary N) is 2. The Morgan fingerprint density at radius 3 is 2.68 bits per heavy atom. The fourth-order valence-corrected chi connectivity index (χ4v) is 1.51. The summed E-state index contributed by atoms with van der Waals surface area (Å²) in [6.07, 6.45) is 3.81. The summed E-state index contributed by atoms with van der Waals surface area (Å²) < 4.78 is 5.99. The van der Waals surface area contributed by atoms with Crippen molar-refractivity contribution in [1.29, 1.82) is 0 Å². The fourth-order valence-electron chi connectivity index (χ4n) is 1.51. The summed E-state index contributed by atoms with van der Waals surface area (Å²) in [4.78, 5) is 31.0. The normalized spacial score (nSPS) is 10.1. The Hall–Kier alpha value is -3.04. The number of carbonyl (C=O) groups is 2. The van der Waals surface area contributed by atoms with Gasteiger partial charge in [-0.25, -0.2) is 19.4 Å². The number of anilines is 2. The van der Waals surface area contributed by atoms with E-state index in [0.29, 0.717) is 11.5 Å². The minimum atomic E-state index is -0.629. The van der Waals surface area contributed by atoms with E-state index >= 15 is 0 Å². The average molecular weight is 305 g/mol. The Balaban J connectivity index is 1.88. The van der Waals surface area contributed by atoms with Gasteiger partial charge >= 0.3 is 6.09 Å². The Morgan fingerprint density at radius 1 is 1.27 bits per heavy atom. The van der Waals surface area contributed by atoms with Gasteiger partial charge in [0.05, 0.1) is 30.9 Å². The van der Waals surface area contributed by atoms with Gasteiger partial charge in [-0.2, -0.15) is 0 Å². The van der Waals surface area contributed by atoms with Gasteiger partial charge in [0.1, 0.15) is 12.4 Å². The number of nitrogens with zero attached hydrogens (tertiary/aromatic N) is 5. The van der Waals surface area contributed by atoms with Crippen LogP contribution in [-0.2, 0) is 16.1 Å². The maximum Gasteiger partial charge on any atom is 0.412 e. The molecule has 0 aliphatic heterocycles. The summed E-state index contributed by atoms with van der Waals surface area (Å²) in [5, 5.41) is 12.4. The van der Waals surface area contributed by atoms with Gasteiger partial charge in [-0.1, -0.05) is 5.21 Å². The van der Waals surface area contributed by atoms with Crippen LogP contribution >= 0.6 is 0 Å². The number of carbonyl (C=O) groups excluding carboxylic acids is 2. The standard InChI is InChI=1S/C12H15N7O3/c1-3-22-12(21)16-10-6-19(18-17-10)7-11(20)15-9-4-13-8(2)14-5-9/h4-6H,3,7H2,1-2H3,(H,15,20)(H,16,21).